The van der Waals surface area contributed by atoms with E-state index in [1.54, 1.807) is 6.21 Å². The number of hydrogen-bond donors (Lipinski definition) is 2. The Labute approximate surface area is 124 Å². The Balaban J connectivity index is 1.79. The maximum atomic E-state index is 12.9. The second kappa shape index (κ2) is 5.49. The zero-order chi connectivity index (χ0) is 14.8. The fourth-order valence-electron chi connectivity index (χ4n) is 2.11. The monoisotopic (exact) mass is 301 g/mol. The van der Waals surface area contributed by atoms with Crippen LogP contribution in [0.5, 0.6) is 0 Å². The molecule has 2 N–H and O–H groups in total. The fourth-order valence-corrected chi connectivity index (χ4v) is 2.73. The lowest BCUT2D eigenvalue weighted by Gasteiger charge is -1.96. The van der Waals surface area contributed by atoms with Gasteiger partial charge in [-0.2, -0.15) is 9.49 Å². The quantitative estimate of drug-likeness (QED) is 0.565. The first-order chi connectivity index (χ1) is 10.1. The zero-order valence-electron chi connectivity index (χ0n) is 11.2. The highest BCUT2D eigenvalue weighted by molar-refractivity contribution is 7.12. The highest BCUT2D eigenvalue weighted by Crippen LogP contribution is 2.20. The van der Waals surface area contributed by atoms with Crippen molar-refractivity contribution >= 4 is 34.4 Å². The van der Waals surface area contributed by atoms with E-state index in [1.165, 1.54) is 12.1 Å². The van der Waals surface area contributed by atoms with Gasteiger partial charge in [-0.3, -0.25) is 4.79 Å². The molecule has 1 aromatic carbocycles. The highest BCUT2D eigenvalue weighted by Gasteiger charge is 2.08. The molecule has 106 valence electrons. The molecule has 2 aromatic heterocycles. The van der Waals surface area contributed by atoms with Gasteiger partial charge >= 0.3 is 0 Å². The van der Waals surface area contributed by atoms with Crippen LogP contribution in [0.3, 0.4) is 0 Å². The first-order valence-corrected chi connectivity index (χ1v) is 7.13. The normalized spacial score (nSPS) is 11.3. The van der Waals surface area contributed by atoms with E-state index >= 15 is 0 Å². The summed E-state index contributed by atoms with van der Waals surface area (Å²) in [7, 11) is 0. The summed E-state index contributed by atoms with van der Waals surface area (Å²) in [6, 6.07) is 10.5. The number of aromatic nitrogens is 1. The van der Waals surface area contributed by atoms with Crippen molar-refractivity contribution in [2.75, 3.05) is 0 Å². The van der Waals surface area contributed by atoms with Crippen molar-refractivity contribution in [3.05, 3.63) is 57.7 Å². The van der Waals surface area contributed by atoms with Crippen LogP contribution in [0.4, 0.5) is 4.39 Å². The molecular weight excluding hydrogens is 289 g/mol. The molecule has 2 heterocycles. The smallest absolute Gasteiger partial charge is 0.281 e. The van der Waals surface area contributed by atoms with Gasteiger partial charge in [-0.25, -0.2) is 5.43 Å². The summed E-state index contributed by atoms with van der Waals surface area (Å²) >= 11 is 0.791. The Bertz CT molecular complexity index is 834. The van der Waals surface area contributed by atoms with E-state index in [1.807, 2.05) is 31.2 Å². The number of nitrogens with zero attached hydrogens (tertiary/aromatic N) is 1. The van der Waals surface area contributed by atoms with E-state index < -0.39 is 11.0 Å². The number of carbonyl (C=O) groups excluding carboxylic acids is 1. The molecule has 0 spiro atoms. The van der Waals surface area contributed by atoms with Crippen molar-refractivity contribution in [1.82, 2.24) is 10.4 Å². The van der Waals surface area contributed by atoms with E-state index in [0.717, 1.165) is 33.5 Å². The molecular formula is C15H12FN3OS. The molecule has 6 heteroatoms. The molecule has 1 amide bonds. The summed E-state index contributed by atoms with van der Waals surface area (Å²) < 4.78 is 12.9. The van der Waals surface area contributed by atoms with Crippen LogP contribution in [0, 0.1) is 12.1 Å². The molecule has 0 atom stereocenters. The summed E-state index contributed by atoms with van der Waals surface area (Å²) in [6.07, 6.45) is 1.59. The highest BCUT2D eigenvalue weighted by atomic mass is 32.1. The summed E-state index contributed by atoms with van der Waals surface area (Å²) in [5.41, 5.74) is 5.31. The van der Waals surface area contributed by atoms with Crippen molar-refractivity contribution < 1.29 is 9.18 Å². The average Bonchev–Trinajstić information content (AvgIpc) is 3.03. The largest absolute Gasteiger partial charge is 0.358 e. The van der Waals surface area contributed by atoms with Crippen LogP contribution in [0.2, 0.25) is 0 Å². The average molecular weight is 301 g/mol. The molecule has 0 fully saturated rings. The lowest BCUT2D eigenvalue weighted by Crippen LogP contribution is -2.16. The third kappa shape index (κ3) is 2.71. The van der Waals surface area contributed by atoms with Crippen molar-refractivity contribution in [2.24, 2.45) is 5.10 Å². The minimum Gasteiger partial charge on any atom is -0.358 e. The van der Waals surface area contributed by atoms with Crippen LogP contribution < -0.4 is 5.43 Å². The molecule has 0 bridgehead atoms. The van der Waals surface area contributed by atoms with Gasteiger partial charge in [0.05, 0.1) is 11.1 Å². The van der Waals surface area contributed by atoms with E-state index in [-0.39, 0.29) is 0 Å². The van der Waals surface area contributed by atoms with E-state index in [2.05, 4.69) is 15.5 Å². The molecule has 0 radical (unpaired) electrons. The maximum absolute atomic E-state index is 12.9. The number of hydrogen-bond acceptors (Lipinski definition) is 3. The number of aryl methyl sites for hydroxylation is 1. The Morgan fingerprint density at radius 1 is 1.33 bits per heavy atom. The molecule has 0 aliphatic carbocycles. The summed E-state index contributed by atoms with van der Waals surface area (Å²) in [6.45, 7) is 1.94. The van der Waals surface area contributed by atoms with E-state index in [0.29, 0.717) is 4.88 Å². The van der Waals surface area contributed by atoms with Gasteiger partial charge in [-0.15, -0.1) is 11.3 Å². The number of halogens is 1. The third-order valence-corrected chi connectivity index (χ3v) is 3.97. The number of nitrogens with one attached hydrogen (secondary N) is 2. The van der Waals surface area contributed by atoms with Gasteiger partial charge in [0, 0.05) is 22.2 Å². The maximum Gasteiger partial charge on any atom is 0.281 e. The standard InChI is InChI=1S/C15H12FN3OS/c1-9-11(10-4-2-3-5-12(10)18-9)8-17-19-15(20)13-6-7-14(16)21-13/h2-8,18H,1H3,(H,19,20). The van der Waals surface area contributed by atoms with Gasteiger partial charge in [-0.05, 0) is 25.1 Å². The van der Waals surface area contributed by atoms with Crippen LogP contribution in [-0.4, -0.2) is 17.1 Å². The fraction of sp³-hybridized carbons (Fsp3) is 0.0667. The number of rotatable bonds is 3. The molecule has 0 unspecified atom stereocenters. The Morgan fingerprint density at radius 2 is 2.14 bits per heavy atom. The molecule has 3 aromatic rings. The van der Waals surface area contributed by atoms with Gasteiger partial charge in [0.2, 0.25) is 0 Å². The predicted molar refractivity (Wildman–Crippen MR) is 82.4 cm³/mol. The van der Waals surface area contributed by atoms with Crippen molar-refractivity contribution in [1.29, 1.82) is 0 Å². The first-order valence-electron chi connectivity index (χ1n) is 6.31. The van der Waals surface area contributed by atoms with E-state index in [9.17, 15) is 9.18 Å². The minimum absolute atomic E-state index is 0.292. The second-order valence-electron chi connectivity index (χ2n) is 4.51. The lowest BCUT2D eigenvalue weighted by atomic mass is 10.1. The van der Waals surface area contributed by atoms with Gasteiger partial charge in [-0.1, -0.05) is 18.2 Å². The Hall–Kier alpha value is -2.47. The number of para-hydroxylation sites is 1. The summed E-state index contributed by atoms with van der Waals surface area (Å²) in [4.78, 5) is 15.3. The van der Waals surface area contributed by atoms with Gasteiger partial charge in [0.25, 0.3) is 5.91 Å². The van der Waals surface area contributed by atoms with Gasteiger partial charge in [0.1, 0.15) is 0 Å². The SMILES string of the molecule is Cc1[nH]c2ccccc2c1C=NNC(=O)c1ccc(F)s1. The molecule has 0 aliphatic rings. The van der Waals surface area contributed by atoms with Crippen LogP contribution in [-0.2, 0) is 0 Å². The van der Waals surface area contributed by atoms with Crippen LogP contribution in [0.25, 0.3) is 10.9 Å². The number of H-pyrrole nitrogens is 1. The van der Waals surface area contributed by atoms with Crippen molar-refractivity contribution in [3.63, 3.8) is 0 Å². The molecule has 3 rings (SSSR count). The zero-order valence-corrected chi connectivity index (χ0v) is 12.0. The van der Waals surface area contributed by atoms with Gasteiger partial charge in [0.15, 0.2) is 5.13 Å². The minimum atomic E-state index is -0.419. The predicted octanol–water partition coefficient (Wildman–Crippen LogP) is 3.44. The van der Waals surface area contributed by atoms with E-state index in [4.69, 9.17) is 0 Å². The molecule has 0 saturated carbocycles. The van der Waals surface area contributed by atoms with Crippen molar-refractivity contribution in [2.45, 2.75) is 6.92 Å². The first kappa shape index (κ1) is 13.5. The van der Waals surface area contributed by atoms with Gasteiger partial charge < -0.3 is 4.98 Å². The number of aromatic amines is 1. The molecule has 0 saturated heterocycles. The second-order valence-corrected chi connectivity index (χ2v) is 5.55. The topological polar surface area (TPSA) is 57.2 Å². The third-order valence-electron chi connectivity index (χ3n) is 3.10. The number of benzene rings is 1. The summed E-state index contributed by atoms with van der Waals surface area (Å²) in [5, 5.41) is 4.60. The number of thiophene rings is 1. The molecule has 21 heavy (non-hydrogen) atoms. The number of hydrazone groups is 1. The van der Waals surface area contributed by atoms with Crippen LogP contribution >= 0.6 is 11.3 Å². The number of carbonyl (C=O) groups is 1. The Kier molecular flexibility index (Phi) is 3.53. The molecule has 0 aliphatic heterocycles. The summed E-state index contributed by atoms with van der Waals surface area (Å²) in [5.74, 6) is -0.419. The lowest BCUT2D eigenvalue weighted by molar-refractivity contribution is 0.0959. The number of fused-ring (bicyclic) bond motifs is 1. The van der Waals surface area contributed by atoms with Crippen LogP contribution in [0.1, 0.15) is 20.9 Å². The van der Waals surface area contributed by atoms with Crippen LogP contribution in [0.15, 0.2) is 41.5 Å². The molecule has 4 nitrogen and oxygen atoms in total. The Morgan fingerprint density at radius 3 is 2.90 bits per heavy atom. The van der Waals surface area contributed by atoms with Crippen molar-refractivity contribution in [3.8, 4) is 0 Å². The number of amides is 1.